The summed E-state index contributed by atoms with van der Waals surface area (Å²) in [6.07, 6.45) is 0. The maximum Gasteiger partial charge on any atom is 0.248 e. The molecule has 4 aromatic rings. The van der Waals surface area contributed by atoms with Gasteiger partial charge in [-0.3, -0.25) is 9.59 Å². The van der Waals surface area contributed by atoms with E-state index in [0.717, 1.165) is 33.3 Å². The third kappa shape index (κ3) is 4.51. The Balaban J connectivity index is 1.47. The number of benzene rings is 2. The Bertz CT molecular complexity index is 1310. The van der Waals surface area contributed by atoms with E-state index in [-0.39, 0.29) is 17.2 Å². The molecule has 8 nitrogen and oxygen atoms in total. The average molecular weight is 435 g/mol. The smallest absolute Gasteiger partial charge is 0.248 e. The summed E-state index contributed by atoms with van der Waals surface area (Å²) in [4.78, 5) is 29.2. The monoisotopic (exact) mass is 434 g/mol. The van der Waals surface area contributed by atoms with Crippen LogP contribution in [0.1, 0.15) is 16.7 Å². The molecular formula is C22H22N6O2S. The molecule has 0 saturated carbocycles. The number of para-hydroxylation sites is 1. The number of carbonyl (C=O) groups excluding carboxylic acids is 1. The minimum atomic E-state index is -0.184. The molecule has 4 rings (SSSR count). The Hall–Kier alpha value is -3.46. The maximum atomic E-state index is 12.8. The van der Waals surface area contributed by atoms with E-state index in [9.17, 15) is 9.59 Å². The highest BCUT2D eigenvalue weighted by atomic mass is 32.2. The highest BCUT2D eigenvalue weighted by Gasteiger charge is 2.16. The zero-order valence-corrected chi connectivity index (χ0v) is 18.3. The van der Waals surface area contributed by atoms with Crippen LogP contribution in [-0.2, 0) is 11.3 Å². The summed E-state index contributed by atoms with van der Waals surface area (Å²) in [5.41, 5.74) is 4.48. The van der Waals surface area contributed by atoms with Crippen molar-refractivity contribution in [3.05, 3.63) is 75.6 Å². The van der Waals surface area contributed by atoms with Gasteiger partial charge in [-0.25, -0.2) is 0 Å². The first-order valence-electron chi connectivity index (χ1n) is 9.76. The lowest BCUT2D eigenvalue weighted by Gasteiger charge is -2.18. The fourth-order valence-corrected chi connectivity index (χ4v) is 4.28. The second kappa shape index (κ2) is 8.73. The molecule has 0 aliphatic heterocycles. The van der Waals surface area contributed by atoms with Crippen molar-refractivity contribution in [3.8, 4) is 5.69 Å². The number of thioether (sulfide) groups is 1. The second-order valence-electron chi connectivity index (χ2n) is 7.41. The van der Waals surface area contributed by atoms with Crippen molar-refractivity contribution in [1.82, 2.24) is 30.1 Å². The molecule has 0 saturated heterocycles. The number of hydrogen-bond acceptors (Lipinski definition) is 6. The molecule has 1 N–H and O–H groups in total. The highest BCUT2D eigenvalue weighted by molar-refractivity contribution is 7.99. The topological polar surface area (TPSA) is 96.8 Å². The highest BCUT2D eigenvalue weighted by Crippen LogP contribution is 2.22. The molecule has 31 heavy (non-hydrogen) atoms. The molecule has 0 radical (unpaired) electrons. The molecule has 2 aromatic carbocycles. The van der Waals surface area contributed by atoms with Crippen LogP contribution in [0.2, 0.25) is 0 Å². The zero-order chi connectivity index (χ0) is 22.0. The van der Waals surface area contributed by atoms with E-state index >= 15 is 0 Å². The normalized spacial score (nSPS) is 11.1. The van der Waals surface area contributed by atoms with Crippen LogP contribution in [0, 0.1) is 13.8 Å². The predicted molar refractivity (Wildman–Crippen MR) is 120 cm³/mol. The number of H-pyrrole nitrogens is 1. The third-order valence-electron chi connectivity index (χ3n) is 5.02. The van der Waals surface area contributed by atoms with Gasteiger partial charge < -0.3 is 9.88 Å². The van der Waals surface area contributed by atoms with Crippen molar-refractivity contribution in [2.75, 3.05) is 12.8 Å². The summed E-state index contributed by atoms with van der Waals surface area (Å²) in [6.45, 7) is 4.37. The third-order valence-corrected chi connectivity index (χ3v) is 5.92. The van der Waals surface area contributed by atoms with E-state index in [1.54, 1.807) is 22.7 Å². The van der Waals surface area contributed by atoms with Crippen molar-refractivity contribution >= 4 is 28.6 Å². The van der Waals surface area contributed by atoms with Gasteiger partial charge in [-0.2, -0.15) is 4.68 Å². The lowest BCUT2D eigenvalue weighted by molar-refractivity contribution is -0.127. The van der Waals surface area contributed by atoms with Gasteiger partial charge in [0.05, 0.1) is 11.4 Å². The molecule has 158 valence electrons. The van der Waals surface area contributed by atoms with Gasteiger partial charge in [-0.1, -0.05) is 47.7 Å². The molecule has 0 aliphatic carbocycles. The summed E-state index contributed by atoms with van der Waals surface area (Å²) in [7, 11) is 1.73. The van der Waals surface area contributed by atoms with Crippen LogP contribution in [0.25, 0.3) is 16.6 Å². The lowest BCUT2D eigenvalue weighted by atomic mass is 10.1. The van der Waals surface area contributed by atoms with Crippen molar-refractivity contribution in [2.24, 2.45) is 0 Å². The quantitative estimate of drug-likeness (QED) is 0.469. The SMILES string of the molecule is Cc1ccc(-n2nnnc2SCC(=O)N(C)Cc2cc(=O)[nH]c3ccccc23)c(C)c1. The summed E-state index contributed by atoms with van der Waals surface area (Å²) in [6, 6.07) is 15.1. The Morgan fingerprint density at radius 1 is 1.16 bits per heavy atom. The van der Waals surface area contributed by atoms with E-state index in [1.165, 1.54) is 11.8 Å². The number of amides is 1. The molecule has 0 unspecified atom stereocenters. The van der Waals surface area contributed by atoms with E-state index in [1.807, 2.05) is 50.2 Å². The Kier molecular flexibility index (Phi) is 5.85. The van der Waals surface area contributed by atoms with Crippen LogP contribution in [0.4, 0.5) is 0 Å². The second-order valence-corrected chi connectivity index (χ2v) is 8.35. The molecule has 0 aliphatic rings. The summed E-state index contributed by atoms with van der Waals surface area (Å²) in [5.74, 6) is 0.104. The molecule has 9 heteroatoms. The minimum Gasteiger partial charge on any atom is -0.341 e. The Morgan fingerprint density at radius 2 is 1.97 bits per heavy atom. The number of nitrogens with one attached hydrogen (secondary N) is 1. The number of nitrogens with zero attached hydrogens (tertiary/aromatic N) is 5. The molecular weight excluding hydrogens is 412 g/mol. The first-order valence-corrected chi connectivity index (χ1v) is 10.7. The minimum absolute atomic E-state index is 0.0791. The first-order chi connectivity index (χ1) is 14.9. The van der Waals surface area contributed by atoms with Crippen LogP contribution >= 0.6 is 11.8 Å². The number of tetrazole rings is 1. The number of fused-ring (bicyclic) bond motifs is 1. The van der Waals surface area contributed by atoms with Gasteiger partial charge in [0.25, 0.3) is 0 Å². The number of hydrogen-bond donors (Lipinski definition) is 1. The van der Waals surface area contributed by atoms with Gasteiger partial charge in [0.15, 0.2) is 0 Å². The Morgan fingerprint density at radius 3 is 2.77 bits per heavy atom. The predicted octanol–water partition coefficient (Wildman–Crippen LogP) is 2.87. The summed E-state index contributed by atoms with van der Waals surface area (Å²) < 4.78 is 1.65. The molecule has 0 atom stereocenters. The number of pyridine rings is 1. The first kappa shape index (κ1) is 20.8. The standard InChI is InChI=1S/C22H22N6O2S/c1-14-8-9-19(15(2)10-14)28-22(24-25-26-28)31-13-21(30)27(3)12-16-11-20(29)23-18-7-5-4-6-17(16)18/h4-11H,12-13H2,1-3H3,(H,23,29). The maximum absolute atomic E-state index is 12.8. The molecule has 0 spiro atoms. The number of aromatic amines is 1. The van der Waals surface area contributed by atoms with Crippen LogP contribution in [0.15, 0.2) is 58.5 Å². The van der Waals surface area contributed by atoms with E-state index in [2.05, 4.69) is 26.6 Å². The average Bonchev–Trinajstić information content (AvgIpc) is 3.20. The fourth-order valence-electron chi connectivity index (χ4n) is 3.45. The number of aryl methyl sites for hydroxylation is 2. The zero-order valence-electron chi connectivity index (χ0n) is 17.5. The van der Waals surface area contributed by atoms with E-state index in [4.69, 9.17) is 0 Å². The summed E-state index contributed by atoms with van der Waals surface area (Å²) >= 11 is 1.28. The number of aromatic nitrogens is 5. The summed E-state index contributed by atoms with van der Waals surface area (Å²) in [5, 5.41) is 13.4. The van der Waals surface area contributed by atoms with Crippen molar-refractivity contribution in [3.63, 3.8) is 0 Å². The van der Waals surface area contributed by atoms with Gasteiger partial charge in [0.1, 0.15) is 0 Å². The van der Waals surface area contributed by atoms with Crippen molar-refractivity contribution in [2.45, 2.75) is 25.5 Å². The van der Waals surface area contributed by atoms with Crippen LogP contribution in [0.5, 0.6) is 0 Å². The number of carbonyl (C=O) groups is 1. The largest absolute Gasteiger partial charge is 0.341 e. The lowest BCUT2D eigenvalue weighted by Crippen LogP contribution is -2.28. The van der Waals surface area contributed by atoms with E-state index in [0.29, 0.717) is 11.7 Å². The van der Waals surface area contributed by atoms with Crippen LogP contribution in [-0.4, -0.2) is 48.8 Å². The van der Waals surface area contributed by atoms with Crippen LogP contribution in [0.3, 0.4) is 0 Å². The van der Waals surface area contributed by atoms with Gasteiger partial charge in [0.2, 0.25) is 16.6 Å². The van der Waals surface area contributed by atoms with Crippen LogP contribution < -0.4 is 5.56 Å². The molecule has 1 amide bonds. The van der Waals surface area contributed by atoms with Crippen molar-refractivity contribution < 1.29 is 4.79 Å². The van der Waals surface area contributed by atoms with E-state index < -0.39 is 0 Å². The van der Waals surface area contributed by atoms with Gasteiger partial charge >= 0.3 is 0 Å². The molecule has 0 fully saturated rings. The molecule has 0 bridgehead atoms. The Labute approximate surface area is 183 Å². The fraction of sp³-hybridized carbons (Fsp3) is 0.227. The molecule has 2 heterocycles. The van der Waals surface area contributed by atoms with Gasteiger partial charge in [0, 0.05) is 30.6 Å². The number of rotatable bonds is 6. The van der Waals surface area contributed by atoms with Gasteiger partial charge in [-0.05, 0) is 47.5 Å². The van der Waals surface area contributed by atoms with Crippen molar-refractivity contribution in [1.29, 1.82) is 0 Å². The van der Waals surface area contributed by atoms with Gasteiger partial charge in [-0.15, -0.1) is 5.10 Å². The molecule has 2 aromatic heterocycles.